The Morgan fingerprint density at radius 3 is 2.71 bits per heavy atom. The number of halogens is 2. The van der Waals surface area contributed by atoms with Gasteiger partial charge in [-0.3, -0.25) is 9.48 Å². The van der Waals surface area contributed by atoms with Crippen LogP contribution in [0.25, 0.3) is 10.9 Å². The molecule has 1 saturated carbocycles. The van der Waals surface area contributed by atoms with Crippen molar-refractivity contribution in [1.29, 1.82) is 0 Å². The second-order valence-electron chi connectivity index (χ2n) is 6.07. The number of nitrogens with one attached hydrogen (secondary N) is 1. The summed E-state index contributed by atoms with van der Waals surface area (Å²) in [6.45, 7) is 0. The number of carbonyl (C=O) groups excluding carboxylic acids is 1. The highest BCUT2D eigenvalue weighted by Gasteiger charge is 2.27. The molecule has 6 heteroatoms. The van der Waals surface area contributed by atoms with Crippen molar-refractivity contribution in [3.63, 3.8) is 0 Å². The molecule has 2 aromatic carbocycles. The number of aromatic nitrogens is 2. The average molecular weight is 327 g/mol. The van der Waals surface area contributed by atoms with Crippen molar-refractivity contribution in [2.45, 2.75) is 18.8 Å². The van der Waals surface area contributed by atoms with Crippen LogP contribution in [0.2, 0.25) is 0 Å². The Labute approximate surface area is 137 Å². The Bertz CT molecular complexity index is 960. The molecule has 0 spiro atoms. The van der Waals surface area contributed by atoms with Crippen molar-refractivity contribution in [3.8, 4) is 0 Å². The van der Waals surface area contributed by atoms with Crippen LogP contribution in [-0.4, -0.2) is 15.7 Å². The Kier molecular flexibility index (Phi) is 3.33. The maximum Gasteiger partial charge on any atom is 0.256 e. The molecule has 1 amide bonds. The number of amides is 1. The van der Waals surface area contributed by atoms with E-state index in [0.29, 0.717) is 11.7 Å². The summed E-state index contributed by atoms with van der Waals surface area (Å²) in [5, 5.41) is 7.92. The molecule has 122 valence electrons. The minimum Gasteiger partial charge on any atom is -0.305 e. The lowest BCUT2D eigenvalue weighted by Gasteiger charge is -2.04. The Morgan fingerprint density at radius 2 is 2.00 bits per heavy atom. The van der Waals surface area contributed by atoms with Crippen molar-refractivity contribution < 1.29 is 13.6 Å². The molecule has 1 aliphatic carbocycles. The highest BCUT2D eigenvalue weighted by Crippen LogP contribution is 2.43. The molecule has 24 heavy (non-hydrogen) atoms. The summed E-state index contributed by atoms with van der Waals surface area (Å²) in [6.07, 6.45) is 2.34. The van der Waals surface area contributed by atoms with E-state index in [1.54, 1.807) is 4.68 Å². The SMILES string of the molecule is Cn1nc(NC(=O)c2ccc(F)c(F)c2)c2cccc(C3CC3)c21. The Balaban J connectivity index is 1.70. The molecule has 4 rings (SSSR count). The zero-order valence-electron chi connectivity index (χ0n) is 13.0. The summed E-state index contributed by atoms with van der Waals surface area (Å²) in [7, 11) is 1.83. The summed E-state index contributed by atoms with van der Waals surface area (Å²) >= 11 is 0. The number of para-hydroxylation sites is 1. The number of hydrogen-bond acceptors (Lipinski definition) is 2. The number of aryl methyl sites for hydroxylation is 1. The molecule has 0 saturated heterocycles. The van der Waals surface area contributed by atoms with Crippen LogP contribution in [0.3, 0.4) is 0 Å². The second kappa shape index (κ2) is 5.40. The van der Waals surface area contributed by atoms with E-state index in [9.17, 15) is 13.6 Å². The number of anilines is 1. The summed E-state index contributed by atoms with van der Waals surface area (Å²) in [4.78, 5) is 12.3. The zero-order valence-corrected chi connectivity index (χ0v) is 13.0. The number of rotatable bonds is 3. The molecule has 4 nitrogen and oxygen atoms in total. The number of benzene rings is 2. The van der Waals surface area contributed by atoms with Gasteiger partial charge in [0.1, 0.15) is 0 Å². The monoisotopic (exact) mass is 327 g/mol. The van der Waals surface area contributed by atoms with Gasteiger partial charge in [-0.1, -0.05) is 12.1 Å². The van der Waals surface area contributed by atoms with Gasteiger partial charge < -0.3 is 5.32 Å². The molecule has 0 atom stereocenters. The quantitative estimate of drug-likeness (QED) is 0.791. The largest absolute Gasteiger partial charge is 0.305 e. The maximum atomic E-state index is 13.3. The van der Waals surface area contributed by atoms with Crippen LogP contribution in [0.15, 0.2) is 36.4 Å². The highest BCUT2D eigenvalue weighted by molar-refractivity contribution is 6.08. The third-order valence-corrected chi connectivity index (χ3v) is 4.33. The fraction of sp³-hybridized carbons (Fsp3) is 0.222. The zero-order chi connectivity index (χ0) is 16.8. The predicted octanol–water partition coefficient (Wildman–Crippen LogP) is 3.98. The number of hydrogen-bond donors (Lipinski definition) is 1. The van der Waals surface area contributed by atoms with Gasteiger partial charge in [0, 0.05) is 18.0 Å². The van der Waals surface area contributed by atoms with Crippen molar-refractivity contribution in [2.24, 2.45) is 7.05 Å². The fourth-order valence-corrected chi connectivity index (χ4v) is 3.00. The number of carbonyl (C=O) groups is 1. The van der Waals surface area contributed by atoms with Gasteiger partial charge in [0.15, 0.2) is 17.5 Å². The second-order valence-corrected chi connectivity index (χ2v) is 6.07. The highest BCUT2D eigenvalue weighted by atomic mass is 19.2. The molecule has 1 aliphatic rings. The van der Waals surface area contributed by atoms with Gasteiger partial charge in [0.05, 0.1) is 5.52 Å². The predicted molar refractivity (Wildman–Crippen MR) is 87.0 cm³/mol. The van der Waals surface area contributed by atoms with Crippen LogP contribution in [0.5, 0.6) is 0 Å². The molecular formula is C18H15F2N3O. The molecule has 1 N–H and O–H groups in total. The van der Waals surface area contributed by atoms with E-state index in [2.05, 4.69) is 16.5 Å². The first-order chi connectivity index (χ1) is 11.5. The fourth-order valence-electron chi connectivity index (χ4n) is 3.00. The van der Waals surface area contributed by atoms with Crippen LogP contribution in [0.1, 0.15) is 34.7 Å². The molecule has 0 radical (unpaired) electrons. The van der Waals surface area contributed by atoms with E-state index in [1.165, 1.54) is 24.5 Å². The summed E-state index contributed by atoms with van der Waals surface area (Å²) < 4.78 is 28.1. The smallest absolute Gasteiger partial charge is 0.256 e. The molecule has 1 fully saturated rings. The van der Waals surface area contributed by atoms with Crippen LogP contribution in [0.4, 0.5) is 14.6 Å². The summed E-state index contributed by atoms with van der Waals surface area (Å²) in [6, 6.07) is 8.99. The summed E-state index contributed by atoms with van der Waals surface area (Å²) in [5.41, 5.74) is 2.28. The minimum atomic E-state index is -1.05. The summed E-state index contributed by atoms with van der Waals surface area (Å²) in [5.74, 6) is -1.58. The van der Waals surface area contributed by atoms with E-state index >= 15 is 0 Å². The molecule has 3 aromatic rings. The van der Waals surface area contributed by atoms with E-state index in [-0.39, 0.29) is 5.56 Å². The van der Waals surface area contributed by atoms with Crippen molar-refractivity contribution in [2.75, 3.05) is 5.32 Å². The van der Waals surface area contributed by atoms with Gasteiger partial charge in [-0.05, 0) is 48.6 Å². The molecule has 0 bridgehead atoms. The van der Waals surface area contributed by atoms with Crippen molar-refractivity contribution in [3.05, 3.63) is 59.2 Å². The van der Waals surface area contributed by atoms with Gasteiger partial charge in [-0.25, -0.2) is 8.78 Å². The van der Waals surface area contributed by atoms with Gasteiger partial charge in [0.25, 0.3) is 5.91 Å². The maximum absolute atomic E-state index is 13.3. The van der Waals surface area contributed by atoms with Crippen LogP contribution in [-0.2, 0) is 7.05 Å². The minimum absolute atomic E-state index is 0.0473. The topological polar surface area (TPSA) is 46.9 Å². The first kappa shape index (κ1) is 14.8. The third-order valence-electron chi connectivity index (χ3n) is 4.33. The van der Waals surface area contributed by atoms with E-state index < -0.39 is 17.5 Å². The van der Waals surface area contributed by atoms with Crippen molar-refractivity contribution >= 4 is 22.6 Å². The molecule has 1 aromatic heterocycles. The van der Waals surface area contributed by atoms with Crippen LogP contribution in [0, 0.1) is 11.6 Å². The normalized spacial score (nSPS) is 14.1. The molecular weight excluding hydrogens is 312 g/mol. The average Bonchev–Trinajstić information content (AvgIpc) is 3.36. The Morgan fingerprint density at radius 1 is 1.21 bits per heavy atom. The molecule has 0 aliphatic heterocycles. The standard InChI is InChI=1S/C18H15F2N3O/c1-23-16-12(10-5-6-10)3-2-4-13(16)17(22-23)21-18(24)11-7-8-14(19)15(20)9-11/h2-4,7-10H,5-6H2,1H3,(H,21,22,24). The third kappa shape index (κ3) is 2.44. The van der Waals surface area contributed by atoms with Crippen LogP contribution >= 0.6 is 0 Å². The first-order valence-electron chi connectivity index (χ1n) is 7.76. The molecule has 1 heterocycles. The van der Waals surface area contributed by atoms with E-state index in [0.717, 1.165) is 23.0 Å². The van der Waals surface area contributed by atoms with Gasteiger partial charge >= 0.3 is 0 Å². The lowest BCUT2D eigenvalue weighted by atomic mass is 10.1. The van der Waals surface area contributed by atoms with E-state index in [4.69, 9.17) is 0 Å². The van der Waals surface area contributed by atoms with Crippen molar-refractivity contribution in [1.82, 2.24) is 9.78 Å². The number of nitrogens with zero attached hydrogens (tertiary/aromatic N) is 2. The lowest BCUT2D eigenvalue weighted by Crippen LogP contribution is -2.13. The molecule has 0 unspecified atom stereocenters. The lowest BCUT2D eigenvalue weighted by molar-refractivity contribution is 0.102. The first-order valence-corrected chi connectivity index (χ1v) is 7.76. The van der Waals surface area contributed by atoms with Gasteiger partial charge in [-0.2, -0.15) is 5.10 Å². The Hall–Kier alpha value is -2.76. The van der Waals surface area contributed by atoms with Crippen LogP contribution < -0.4 is 5.32 Å². The van der Waals surface area contributed by atoms with E-state index in [1.807, 2.05) is 19.2 Å². The number of fused-ring (bicyclic) bond motifs is 1. The van der Waals surface area contributed by atoms with Gasteiger partial charge in [0.2, 0.25) is 0 Å². The van der Waals surface area contributed by atoms with Gasteiger partial charge in [-0.15, -0.1) is 0 Å².